The lowest BCUT2D eigenvalue weighted by atomic mass is 10.1. The Kier molecular flexibility index (Phi) is 5.61. The van der Waals surface area contributed by atoms with Crippen molar-refractivity contribution < 1.29 is 0 Å². The molecule has 0 spiro atoms. The molecule has 148 valence electrons. The minimum atomic E-state index is 0.695. The Balaban J connectivity index is 1.33. The topological polar surface area (TPSA) is 70.0 Å². The monoisotopic (exact) mass is 386 g/mol. The number of hydrogen-bond acceptors (Lipinski definition) is 2. The van der Waals surface area contributed by atoms with Crippen LogP contribution in [0.4, 0.5) is 0 Å². The van der Waals surface area contributed by atoms with Crippen LogP contribution in [0.3, 0.4) is 0 Å². The summed E-state index contributed by atoms with van der Waals surface area (Å²) in [4.78, 5) is 7.71. The summed E-state index contributed by atoms with van der Waals surface area (Å²) in [5.41, 5.74) is 6.05. The van der Waals surface area contributed by atoms with Crippen molar-refractivity contribution in [2.75, 3.05) is 13.6 Å². The van der Waals surface area contributed by atoms with E-state index in [4.69, 9.17) is 0 Å². The van der Waals surface area contributed by atoms with Crippen LogP contribution >= 0.6 is 0 Å². The number of hydrogen-bond donors (Lipinski definition) is 3. The lowest BCUT2D eigenvalue weighted by Gasteiger charge is -2.12. The number of nitrogens with zero attached hydrogens (tertiary/aromatic N) is 3. The number of aliphatic imine (C=N–C) groups is 1. The van der Waals surface area contributed by atoms with Crippen molar-refractivity contribution in [2.24, 2.45) is 4.99 Å². The zero-order chi connectivity index (χ0) is 20.1. The molecule has 0 saturated heterocycles. The van der Waals surface area contributed by atoms with Crippen LogP contribution in [0.2, 0.25) is 0 Å². The number of benzene rings is 2. The Labute approximate surface area is 170 Å². The first-order chi connectivity index (χ1) is 14.2. The summed E-state index contributed by atoms with van der Waals surface area (Å²) in [5, 5.41) is 12.4. The maximum absolute atomic E-state index is 4.34. The van der Waals surface area contributed by atoms with E-state index in [2.05, 4.69) is 69.2 Å². The van der Waals surface area contributed by atoms with Gasteiger partial charge in [-0.1, -0.05) is 24.3 Å². The van der Waals surface area contributed by atoms with Gasteiger partial charge in [-0.3, -0.25) is 4.99 Å². The summed E-state index contributed by atoms with van der Waals surface area (Å²) in [6.07, 6.45) is 6.77. The van der Waals surface area contributed by atoms with Gasteiger partial charge in [-0.05, 0) is 54.3 Å². The van der Waals surface area contributed by atoms with E-state index in [0.717, 1.165) is 24.6 Å². The largest absolute Gasteiger partial charge is 0.361 e. The highest BCUT2D eigenvalue weighted by atomic mass is 15.3. The van der Waals surface area contributed by atoms with Crippen LogP contribution in [-0.2, 0) is 13.0 Å². The van der Waals surface area contributed by atoms with Gasteiger partial charge in [-0.2, -0.15) is 5.10 Å². The molecule has 0 bridgehead atoms. The quantitative estimate of drug-likeness (QED) is 0.350. The highest BCUT2D eigenvalue weighted by Crippen LogP contribution is 2.22. The van der Waals surface area contributed by atoms with Crippen molar-refractivity contribution in [2.45, 2.75) is 19.9 Å². The molecule has 0 unspecified atom stereocenters. The van der Waals surface area contributed by atoms with Crippen LogP contribution < -0.4 is 10.6 Å². The molecule has 0 fully saturated rings. The average molecular weight is 387 g/mol. The molecule has 4 rings (SSSR count). The minimum Gasteiger partial charge on any atom is -0.361 e. The number of nitrogens with one attached hydrogen (secondary N) is 3. The summed E-state index contributed by atoms with van der Waals surface area (Å²) in [7, 11) is 1.80. The standard InChI is InChI=1S/C23H26N6/c1-17-6-3-9-21-22(17)19(16-26-21)10-12-25-23(24-2)27-15-18-7-4-8-20(14-18)29-13-5-11-28-29/h3-9,11,13-14,16,26H,10,12,15H2,1-2H3,(H2,24,25,27). The molecular weight excluding hydrogens is 360 g/mol. The van der Waals surface area contributed by atoms with Crippen molar-refractivity contribution in [3.63, 3.8) is 0 Å². The fourth-order valence-electron chi connectivity index (χ4n) is 3.60. The van der Waals surface area contributed by atoms with E-state index in [1.165, 1.54) is 27.6 Å². The predicted octanol–water partition coefficient (Wildman–Crippen LogP) is 3.57. The minimum absolute atomic E-state index is 0.695. The van der Waals surface area contributed by atoms with Crippen LogP contribution in [0.1, 0.15) is 16.7 Å². The smallest absolute Gasteiger partial charge is 0.191 e. The second-order valence-electron chi connectivity index (χ2n) is 7.03. The molecule has 2 aromatic carbocycles. The number of guanidine groups is 1. The fraction of sp³-hybridized carbons (Fsp3) is 0.217. The maximum Gasteiger partial charge on any atom is 0.191 e. The van der Waals surface area contributed by atoms with Gasteiger partial charge in [0.2, 0.25) is 0 Å². The molecule has 0 atom stereocenters. The Bertz CT molecular complexity index is 1110. The molecule has 2 aromatic heterocycles. The molecule has 29 heavy (non-hydrogen) atoms. The van der Waals surface area contributed by atoms with Crippen molar-refractivity contribution in [3.8, 4) is 5.69 Å². The molecular formula is C23H26N6. The average Bonchev–Trinajstić information content (AvgIpc) is 3.42. The predicted molar refractivity (Wildman–Crippen MR) is 119 cm³/mol. The first-order valence-corrected chi connectivity index (χ1v) is 9.83. The lowest BCUT2D eigenvalue weighted by molar-refractivity contribution is 0.794. The Morgan fingerprint density at radius 3 is 2.86 bits per heavy atom. The summed E-state index contributed by atoms with van der Waals surface area (Å²) < 4.78 is 1.86. The normalized spacial score (nSPS) is 11.7. The summed E-state index contributed by atoms with van der Waals surface area (Å²) >= 11 is 0. The molecule has 0 amide bonds. The molecule has 6 heteroatoms. The van der Waals surface area contributed by atoms with E-state index < -0.39 is 0 Å². The van der Waals surface area contributed by atoms with Gasteiger partial charge in [-0.15, -0.1) is 0 Å². The fourth-order valence-corrected chi connectivity index (χ4v) is 3.60. The Hall–Kier alpha value is -3.54. The molecule has 3 N–H and O–H groups in total. The summed E-state index contributed by atoms with van der Waals surface area (Å²) in [5.74, 6) is 0.797. The lowest BCUT2D eigenvalue weighted by Crippen LogP contribution is -2.37. The van der Waals surface area contributed by atoms with Crippen molar-refractivity contribution in [1.82, 2.24) is 25.4 Å². The molecule has 0 saturated carbocycles. The highest BCUT2D eigenvalue weighted by molar-refractivity contribution is 5.86. The zero-order valence-electron chi connectivity index (χ0n) is 16.8. The van der Waals surface area contributed by atoms with E-state index in [-0.39, 0.29) is 0 Å². The van der Waals surface area contributed by atoms with E-state index in [1.54, 1.807) is 13.2 Å². The van der Waals surface area contributed by atoms with Gasteiger partial charge in [0.15, 0.2) is 5.96 Å². The second-order valence-corrected chi connectivity index (χ2v) is 7.03. The second kappa shape index (κ2) is 8.65. The molecule has 2 heterocycles. The number of rotatable bonds is 6. The van der Waals surface area contributed by atoms with Crippen molar-refractivity contribution in [3.05, 3.63) is 83.8 Å². The first kappa shape index (κ1) is 18.8. The Morgan fingerprint density at radius 1 is 1.14 bits per heavy atom. The number of aromatic nitrogens is 3. The van der Waals surface area contributed by atoms with Gasteiger partial charge in [0.25, 0.3) is 0 Å². The number of fused-ring (bicyclic) bond motifs is 1. The third kappa shape index (κ3) is 4.32. The first-order valence-electron chi connectivity index (χ1n) is 9.83. The van der Waals surface area contributed by atoms with Crippen LogP contribution in [0.15, 0.2) is 72.1 Å². The molecule has 0 radical (unpaired) electrons. The van der Waals surface area contributed by atoms with Crippen LogP contribution in [-0.4, -0.2) is 34.3 Å². The van der Waals surface area contributed by atoms with Gasteiger partial charge < -0.3 is 15.6 Å². The molecule has 6 nitrogen and oxygen atoms in total. The zero-order valence-corrected chi connectivity index (χ0v) is 16.8. The SMILES string of the molecule is CN=C(NCCc1c[nH]c2cccc(C)c12)NCc1cccc(-n2cccn2)c1. The summed E-state index contributed by atoms with van der Waals surface area (Å²) in [6.45, 7) is 3.67. The van der Waals surface area contributed by atoms with E-state index >= 15 is 0 Å². The third-order valence-corrected chi connectivity index (χ3v) is 5.05. The van der Waals surface area contributed by atoms with Crippen LogP contribution in [0.25, 0.3) is 16.6 Å². The number of aryl methyl sites for hydroxylation is 1. The highest BCUT2D eigenvalue weighted by Gasteiger charge is 2.06. The Morgan fingerprint density at radius 2 is 2.03 bits per heavy atom. The van der Waals surface area contributed by atoms with Crippen molar-refractivity contribution in [1.29, 1.82) is 0 Å². The maximum atomic E-state index is 4.34. The van der Waals surface area contributed by atoms with Crippen LogP contribution in [0.5, 0.6) is 0 Å². The molecule has 0 aliphatic heterocycles. The van der Waals surface area contributed by atoms with E-state index in [9.17, 15) is 0 Å². The third-order valence-electron chi connectivity index (χ3n) is 5.05. The number of aromatic amines is 1. The van der Waals surface area contributed by atoms with Gasteiger partial charge in [0, 0.05) is 49.6 Å². The summed E-state index contributed by atoms with van der Waals surface area (Å²) in [6, 6.07) is 16.6. The van der Waals surface area contributed by atoms with Crippen LogP contribution in [0, 0.1) is 6.92 Å². The molecule has 0 aliphatic carbocycles. The number of H-pyrrole nitrogens is 1. The van der Waals surface area contributed by atoms with Gasteiger partial charge >= 0.3 is 0 Å². The van der Waals surface area contributed by atoms with E-state index in [1.807, 2.05) is 29.1 Å². The molecule has 4 aromatic rings. The van der Waals surface area contributed by atoms with E-state index in [0.29, 0.717) is 6.54 Å². The van der Waals surface area contributed by atoms with Gasteiger partial charge in [0.1, 0.15) is 0 Å². The van der Waals surface area contributed by atoms with Gasteiger partial charge in [0.05, 0.1) is 5.69 Å². The van der Waals surface area contributed by atoms with Crippen molar-refractivity contribution >= 4 is 16.9 Å². The molecule has 0 aliphatic rings. The van der Waals surface area contributed by atoms with Gasteiger partial charge in [-0.25, -0.2) is 4.68 Å².